The molecule has 1 fully saturated rings. The first-order chi connectivity index (χ1) is 16.5. The number of carbonyl (C=O) groups is 1. The summed E-state index contributed by atoms with van der Waals surface area (Å²) in [5.41, 5.74) is 1.09. The number of benzene rings is 1. The van der Waals surface area contributed by atoms with E-state index in [1.165, 1.54) is 17.0 Å². The lowest BCUT2D eigenvalue weighted by Crippen LogP contribution is -2.48. The highest BCUT2D eigenvalue weighted by Crippen LogP contribution is 2.34. The molecule has 2 atom stereocenters. The third-order valence-corrected chi connectivity index (χ3v) is 7.15. The summed E-state index contributed by atoms with van der Waals surface area (Å²) in [4.78, 5) is 18.6. The zero-order valence-corrected chi connectivity index (χ0v) is 20.0. The van der Waals surface area contributed by atoms with Crippen molar-refractivity contribution in [2.75, 3.05) is 46.0 Å². The standard InChI is InChI=1S/C26H31FN2O4S/c1-2-11-32-17-21(30)15-28(14-19-6-7-19)16-26(31)29-10-8-25-23(9-12-34-25)24(29)18-33-22-5-3-4-20(27)13-22/h1,3-5,9,12-13,19,21,24,30H,6-8,10-11,14-18H2/t21-,24-/m1/s1. The van der Waals surface area contributed by atoms with Crippen molar-refractivity contribution in [2.45, 2.75) is 31.4 Å². The van der Waals surface area contributed by atoms with Crippen LogP contribution in [0.15, 0.2) is 35.7 Å². The van der Waals surface area contributed by atoms with Crippen LogP contribution < -0.4 is 4.74 Å². The maximum atomic E-state index is 13.6. The van der Waals surface area contributed by atoms with Crippen molar-refractivity contribution in [3.05, 3.63) is 52.0 Å². The number of thiophene rings is 1. The van der Waals surface area contributed by atoms with E-state index in [0.29, 0.717) is 24.8 Å². The molecule has 2 heterocycles. The first-order valence-electron chi connectivity index (χ1n) is 11.7. The van der Waals surface area contributed by atoms with Crippen molar-refractivity contribution >= 4 is 17.2 Å². The van der Waals surface area contributed by atoms with Crippen molar-refractivity contribution in [1.29, 1.82) is 0 Å². The van der Waals surface area contributed by atoms with Gasteiger partial charge in [-0.2, -0.15) is 0 Å². The Morgan fingerprint density at radius 3 is 3.00 bits per heavy atom. The molecule has 0 bridgehead atoms. The molecule has 1 N–H and O–H groups in total. The molecular weight excluding hydrogens is 455 g/mol. The van der Waals surface area contributed by atoms with Crippen LogP contribution >= 0.6 is 11.3 Å². The summed E-state index contributed by atoms with van der Waals surface area (Å²) < 4.78 is 24.8. The van der Waals surface area contributed by atoms with Gasteiger partial charge in [-0.15, -0.1) is 17.8 Å². The molecule has 0 unspecified atom stereocenters. The van der Waals surface area contributed by atoms with Crippen LogP contribution in [0.5, 0.6) is 5.75 Å². The van der Waals surface area contributed by atoms with E-state index in [2.05, 4.69) is 5.92 Å². The van der Waals surface area contributed by atoms with Crippen LogP contribution in [-0.2, 0) is 16.0 Å². The van der Waals surface area contributed by atoms with Gasteiger partial charge in [-0.05, 0) is 54.3 Å². The Hall–Kier alpha value is -2.44. The SMILES string of the molecule is C#CCOC[C@H](O)CN(CC(=O)N1CCc2sccc2[C@H]1COc1cccc(F)c1)CC1CC1. The molecule has 1 aromatic carbocycles. The fourth-order valence-electron chi connectivity index (χ4n) is 4.36. The molecule has 34 heavy (non-hydrogen) atoms. The van der Waals surface area contributed by atoms with Crippen molar-refractivity contribution in [3.8, 4) is 18.1 Å². The summed E-state index contributed by atoms with van der Waals surface area (Å²) >= 11 is 1.69. The van der Waals surface area contributed by atoms with E-state index in [9.17, 15) is 14.3 Å². The Bertz CT molecular complexity index is 1000. The summed E-state index contributed by atoms with van der Waals surface area (Å²) in [5, 5.41) is 12.4. The van der Waals surface area contributed by atoms with Crippen molar-refractivity contribution < 1.29 is 23.8 Å². The number of hydrogen-bond donors (Lipinski definition) is 1. The first kappa shape index (κ1) is 24.7. The van der Waals surface area contributed by atoms with Crippen LogP contribution in [0.25, 0.3) is 0 Å². The second-order valence-electron chi connectivity index (χ2n) is 8.93. The van der Waals surface area contributed by atoms with Gasteiger partial charge in [0.05, 0.1) is 25.3 Å². The molecule has 1 aromatic heterocycles. The number of aliphatic hydroxyl groups is 1. The van der Waals surface area contributed by atoms with Crippen molar-refractivity contribution in [1.82, 2.24) is 9.80 Å². The Kier molecular flexibility index (Phi) is 8.57. The highest BCUT2D eigenvalue weighted by atomic mass is 32.1. The Labute approximate surface area is 204 Å². The molecule has 1 saturated carbocycles. The second kappa shape index (κ2) is 11.8. The van der Waals surface area contributed by atoms with Gasteiger partial charge in [0.1, 0.15) is 24.8 Å². The molecule has 4 rings (SSSR count). The van der Waals surface area contributed by atoms with Gasteiger partial charge in [-0.25, -0.2) is 4.39 Å². The van der Waals surface area contributed by atoms with E-state index >= 15 is 0 Å². The van der Waals surface area contributed by atoms with Crippen LogP contribution in [-0.4, -0.2) is 72.9 Å². The van der Waals surface area contributed by atoms with E-state index in [-0.39, 0.29) is 44.1 Å². The Morgan fingerprint density at radius 2 is 2.24 bits per heavy atom. The maximum absolute atomic E-state index is 13.6. The highest BCUT2D eigenvalue weighted by Gasteiger charge is 2.34. The Balaban J connectivity index is 1.42. The van der Waals surface area contributed by atoms with Gasteiger partial charge in [-0.1, -0.05) is 12.0 Å². The molecule has 8 heteroatoms. The lowest BCUT2D eigenvalue weighted by atomic mass is 10.0. The van der Waals surface area contributed by atoms with Gasteiger partial charge in [0.2, 0.25) is 5.91 Å². The number of amides is 1. The fraction of sp³-hybridized carbons (Fsp3) is 0.500. The number of carbonyl (C=O) groups excluding carboxylic acids is 1. The van der Waals surface area contributed by atoms with Gasteiger partial charge in [0.25, 0.3) is 0 Å². The van der Waals surface area contributed by atoms with Crippen molar-refractivity contribution in [2.24, 2.45) is 5.92 Å². The number of fused-ring (bicyclic) bond motifs is 1. The average Bonchev–Trinajstić information content (AvgIpc) is 3.49. The lowest BCUT2D eigenvalue weighted by Gasteiger charge is -2.37. The predicted molar refractivity (Wildman–Crippen MR) is 129 cm³/mol. The molecule has 1 aliphatic heterocycles. The summed E-state index contributed by atoms with van der Waals surface area (Å²) in [6.07, 6.45) is 7.60. The van der Waals surface area contributed by atoms with Crippen LogP contribution in [0.3, 0.4) is 0 Å². The molecule has 0 radical (unpaired) electrons. The topological polar surface area (TPSA) is 62.2 Å². The average molecular weight is 487 g/mol. The minimum Gasteiger partial charge on any atom is -0.491 e. The van der Waals surface area contributed by atoms with Crippen LogP contribution in [0.2, 0.25) is 0 Å². The quantitative estimate of drug-likeness (QED) is 0.369. The first-order valence-corrected chi connectivity index (χ1v) is 12.6. The number of aliphatic hydroxyl groups excluding tert-OH is 1. The molecule has 2 aliphatic rings. The van der Waals surface area contributed by atoms with Gasteiger partial charge in [0.15, 0.2) is 0 Å². The number of hydrogen-bond acceptors (Lipinski definition) is 6. The summed E-state index contributed by atoms with van der Waals surface area (Å²) in [5.74, 6) is 3.06. The summed E-state index contributed by atoms with van der Waals surface area (Å²) in [7, 11) is 0. The maximum Gasteiger partial charge on any atom is 0.237 e. The summed E-state index contributed by atoms with van der Waals surface area (Å²) in [6, 6.07) is 7.86. The van der Waals surface area contributed by atoms with Gasteiger partial charge >= 0.3 is 0 Å². The number of rotatable bonds is 12. The third kappa shape index (κ3) is 6.80. The molecule has 2 aromatic rings. The fourth-order valence-corrected chi connectivity index (χ4v) is 5.29. The molecule has 1 amide bonds. The lowest BCUT2D eigenvalue weighted by molar-refractivity contribution is -0.136. The largest absolute Gasteiger partial charge is 0.491 e. The van der Waals surface area contributed by atoms with Gasteiger partial charge in [-0.3, -0.25) is 9.69 Å². The van der Waals surface area contributed by atoms with Crippen LogP contribution in [0, 0.1) is 24.1 Å². The predicted octanol–water partition coefficient (Wildman–Crippen LogP) is 3.11. The monoisotopic (exact) mass is 486 g/mol. The number of ether oxygens (including phenoxy) is 2. The van der Waals surface area contributed by atoms with Crippen molar-refractivity contribution in [3.63, 3.8) is 0 Å². The Morgan fingerprint density at radius 1 is 1.38 bits per heavy atom. The molecule has 1 aliphatic carbocycles. The second-order valence-corrected chi connectivity index (χ2v) is 9.93. The number of halogens is 1. The minimum atomic E-state index is -0.711. The van der Waals surface area contributed by atoms with Gasteiger partial charge < -0.3 is 19.5 Å². The van der Waals surface area contributed by atoms with E-state index in [0.717, 1.165) is 31.4 Å². The van der Waals surface area contributed by atoms with Crippen LogP contribution in [0.4, 0.5) is 4.39 Å². The summed E-state index contributed by atoms with van der Waals surface area (Å²) in [6.45, 7) is 2.51. The highest BCUT2D eigenvalue weighted by molar-refractivity contribution is 7.10. The number of nitrogens with zero attached hydrogens (tertiary/aromatic N) is 2. The normalized spacial score (nSPS) is 18.4. The molecule has 0 saturated heterocycles. The number of terminal acetylenes is 1. The molecule has 6 nitrogen and oxygen atoms in total. The third-order valence-electron chi connectivity index (χ3n) is 6.16. The molecule has 0 spiro atoms. The van der Waals surface area contributed by atoms with Crippen LogP contribution in [0.1, 0.15) is 29.3 Å². The minimum absolute atomic E-state index is 0.00193. The van der Waals surface area contributed by atoms with E-state index in [1.54, 1.807) is 23.5 Å². The van der Waals surface area contributed by atoms with E-state index in [4.69, 9.17) is 15.9 Å². The smallest absolute Gasteiger partial charge is 0.237 e. The molecule has 182 valence electrons. The van der Waals surface area contributed by atoms with E-state index < -0.39 is 6.10 Å². The molecular formula is C26H31FN2O4S. The van der Waals surface area contributed by atoms with Gasteiger partial charge in [0, 0.05) is 30.6 Å². The zero-order valence-electron chi connectivity index (χ0n) is 19.2. The van der Waals surface area contributed by atoms with E-state index in [1.807, 2.05) is 21.2 Å². The zero-order chi connectivity index (χ0) is 23.9.